The maximum absolute atomic E-state index is 12.9. The molecule has 10 heteroatoms. The van der Waals surface area contributed by atoms with Crippen LogP contribution in [0.2, 0.25) is 5.15 Å². The first-order chi connectivity index (χ1) is 16.3. The third-order valence-electron chi connectivity index (χ3n) is 5.58. The van der Waals surface area contributed by atoms with Gasteiger partial charge in [-0.3, -0.25) is 0 Å². The van der Waals surface area contributed by atoms with Crippen molar-refractivity contribution in [3.63, 3.8) is 0 Å². The fraction of sp³-hybridized carbons (Fsp3) is 0.208. The first-order valence-corrected chi connectivity index (χ1v) is 11.0. The number of fused-ring (bicyclic) bond motifs is 1. The summed E-state index contributed by atoms with van der Waals surface area (Å²) in [5.74, 6) is 1.41. The number of amides is 2. The quantitative estimate of drug-likeness (QED) is 0.310. The topological polar surface area (TPSA) is 71.8 Å². The molecule has 0 atom stereocenters. The minimum Gasteiger partial charge on any atom is -0.321 e. The number of halogens is 4. The third kappa shape index (κ3) is 4.70. The van der Waals surface area contributed by atoms with Gasteiger partial charge in [-0.05, 0) is 54.8 Å². The fourth-order valence-corrected chi connectivity index (χ4v) is 4.07. The second-order valence-electron chi connectivity index (χ2n) is 8.15. The zero-order chi connectivity index (χ0) is 23.9. The summed E-state index contributed by atoms with van der Waals surface area (Å²) in [4.78, 5) is 21.2. The number of aromatic nitrogens is 3. The van der Waals surface area contributed by atoms with Gasteiger partial charge in [0.15, 0.2) is 5.15 Å². The van der Waals surface area contributed by atoms with Gasteiger partial charge in [0.1, 0.15) is 11.3 Å². The number of rotatable bonds is 5. The lowest BCUT2D eigenvalue weighted by Crippen LogP contribution is -2.19. The summed E-state index contributed by atoms with van der Waals surface area (Å²) < 4.78 is 40.7. The van der Waals surface area contributed by atoms with Gasteiger partial charge >= 0.3 is 12.2 Å². The first kappa shape index (κ1) is 22.2. The van der Waals surface area contributed by atoms with E-state index < -0.39 is 17.8 Å². The molecule has 5 rings (SSSR count). The average molecular weight is 486 g/mol. The Balaban J connectivity index is 1.29. The molecule has 2 N–H and O–H groups in total. The summed E-state index contributed by atoms with van der Waals surface area (Å²) in [5.41, 5.74) is 2.31. The number of nitrogens with zero attached hydrogens (tertiary/aromatic N) is 3. The molecule has 6 nitrogen and oxygen atoms in total. The van der Waals surface area contributed by atoms with Gasteiger partial charge in [0.2, 0.25) is 0 Å². The summed E-state index contributed by atoms with van der Waals surface area (Å²) in [5, 5.41) is 5.46. The highest BCUT2D eigenvalue weighted by atomic mass is 35.5. The highest BCUT2D eigenvalue weighted by Gasteiger charge is 2.31. The Bertz CT molecular complexity index is 1360. The van der Waals surface area contributed by atoms with Crippen molar-refractivity contribution >= 4 is 40.0 Å². The Labute approximate surface area is 197 Å². The number of nitrogens with one attached hydrogen (secondary N) is 2. The van der Waals surface area contributed by atoms with Crippen LogP contribution in [0.1, 0.15) is 35.7 Å². The molecule has 2 aromatic heterocycles. The highest BCUT2D eigenvalue weighted by Crippen LogP contribution is 2.41. The van der Waals surface area contributed by atoms with E-state index in [4.69, 9.17) is 16.6 Å². The smallest absolute Gasteiger partial charge is 0.321 e. The van der Waals surface area contributed by atoms with Crippen LogP contribution in [0.15, 0.2) is 60.8 Å². The van der Waals surface area contributed by atoms with Crippen molar-refractivity contribution in [3.05, 3.63) is 82.9 Å². The lowest BCUT2D eigenvalue weighted by Gasteiger charge is -2.12. The zero-order valence-corrected chi connectivity index (χ0v) is 18.5. The number of benzene rings is 2. The number of carbonyl (C=O) groups excluding carboxylic acids is 1. The van der Waals surface area contributed by atoms with Crippen LogP contribution < -0.4 is 10.6 Å². The van der Waals surface area contributed by atoms with Crippen molar-refractivity contribution in [1.82, 2.24) is 14.5 Å². The maximum Gasteiger partial charge on any atom is 0.416 e. The lowest BCUT2D eigenvalue weighted by atomic mass is 10.2. The van der Waals surface area contributed by atoms with E-state index in [0.29, 0.717) is 23.3 Å². The fourth-order valence-electron chi connectivity index (χ4n) is 3.81. The number of carbonyl (C=O) groups is 1. The number of anilines is 2. The van der Waals surface area contributed by atoms with E-state index in [1.165, 1.54) is 12.1 Å². The lowest BCUT2D eigenvalue weighted by molar-refractivity contribution is -0.137. The molecule has 0 unspecified atom stereocenters. The molecule has 0 saturated heterocycles. The van der Waals surface area contributed by atoms with Gasteiger partial charge in [0.25, 0.3) is 0 Å². The number of pyridine rings is 1. The number of hydrogen-bond donors (Lipinski definition) is 2. The third-order valence-corrected chi connectivity index (χ3v) is 5.86. The molecule has 2 aromatic carbocycles. The van der Waals surface area contributed by atoms with Crippen molar-refractivity contribution in [2.45, 2.75) is 31.5 Å². The van der Waals surface area contributed by atoms with E-state index >= 15 is 0 Å². The van der Waals surface area contributed by atoms with E-state index in [1.54, 1.807) is 18.3 Å². The van der Waals surface area contributed by atoms with Crippen LogP contribution in [-0.4, -0.2) is 20.6 Å². The Hall–Kier alpha value is -3.59. The monoisotopic (exact) mass is 485 g/mol. The Morgan fingerprint density at radius 3 is 2.50 bits per heavy atom. The predicted molar refractivity (Wildman–Crippen MR) is 124 cm³/mol. The minimum absolute atomic E-state index is 0.0500. The Morgan fingerprint density at radius 1 is 1.06 bits per heavy atom. The van der Waals surface area contributed by atoms with Crippen molar-refractivity contribution in [1.29, 1.82) is 0 Å². The molecule has 2 heterocycles. The van der Waals surface area contributed by atoms with Crippen molar-refractivity contribution in [2.75, 3.05) is 10.6 Å². The molecular formula is C24H19ClF3N5O. The van der Waals surface area contributed by atoms with Crippen LogP contribution in [0.4, 0.5) is 29.3 Å². The SMILES string of the molecule is O=C(Nc1ccc(Cn2c(C3CC3)nc3ccnc(Cl)c32)cc1)Nc1cccc(C(F)(F)F)c1. The number of imidazole rings is 1. The molecule has 174 valence electrons. The summed E-state index contributed by atoms with van der Waals surface area (Å²) in [6.07, 6.45) is -0.649. The van der Waals surface area contributed by atoms with Crippen LogP contribution in [0, 0.1) is 0 Å². The van der Waals surface area contributed by atoms with Crippen molar-refractivity contribution in [2.24, 2.45) is 0 Å². The second-order valence-corrected chi connectivity index (χ2v) is 8.51. The van der Waals surface area contributed by atoms with E-state index in [-0.39, 0.29) is 5.69 Å². The number of urea groups is 1. The van der Waals surface area contributed by atoms with Gasteiger partial charge in [-0.15, -0.1) is 0 Å². The molecule has 34 heavy (non-hydrogen) atoms. The second kappa shape index (κ2) is 8.64. The minimum atomic E-state index is -4.48. The molecule has 1 saturated carbocycles. The molecule has 2 amide bonds. The molecule has 1 fully saturated rings. The van der Waals surface area contributed by atoms with Crippen LogP contribution >= 0.6 is 11.6 Å². The van der Waals surface area contributed by atoms with E-state index in [9.17, 15) is 18.0 Å². The van der Waals surface area contributed by atoms with Crippen LogP contribution in [0.25, 0.3) is 11.0 Å². The van der Waals surface area contributed by atoms with Gasteiger partial charge in [-0.25, -0.2) is 14.8 Å². The zero-order valence-electron chi connectivity index (χ0n) is 17.7. The average Bonchev–Trinajstić information content (AvgIpc) is 3.57. The van der Waals surface area contributed by atoms with Gasteiger partial charge < -0.3 is 15.2 Å². The number of alkyl halides is 3. The van der Waals surface area contributed by atoms with E-state index in [0.717, 1.165) is 47.4 Å². The molecule has 4 aromatic rings. The standard InChI is InChI=1S/C24H19ClF3N5O/c25-21-20-19(10-11-29-21)32-22(15-6-7-15)33(20)13-14-4-8-17(9-5-14)30-23(34)31-18-3-1-2-16(12-18)24(26,27)28/h1-5,8-12,15H,6-7,13H2,(H2,30,31,34). The van der Waals surface area contributed by atoms with Crippen LogP contribution in [0.3, 0.4) is 0 Å². The van der Waals surface area contributed by atoms with Crippen molar-refractivity contribution in [3.8, 4) is 0 Å². The molecule has 1 aliphatic carbocycles. The largest absolute Gasteiger partial charge is 0.416 e. The number of hydrogen-bond acceptors (Lipinski definition) is 3. The predicted octanol–water partition coefficient (Wildman–Crippen LogP) is 6.67. The van der Waals surface area contributed by atoms with E-state index in [1.807, 2.05) is 18.2 Å². The van der Waals surface area contributed by atoms with Crippen molar-refractivity contribution < 1.29 is 18.0 Å². The molecule has 0 radical (unpaired) electrons. The van der Waals surface area contributed by atoms with Crippen LogP contribution in [-0.2, 0) is 12.7 Å². The molecule has 1 aliphatic rings. The van der Waals surface area contributed by atoms with E-state index in [2.05, 4.69) is 20.2 Å². The highest BCUT2D eigenvalue weighted by molar-refractivity contribution is 6.33. The molecule has 0 bridgehead atoms. The molecular weight excluding hydrogens is 467 g/mol. The van der Waals surface area contributed by atoms with Crippen LogP contribution in [0.5, 0.6) is 0 Å². The Kier molecular flexibility index (Phi) is 5.65. The summed E-state index contributed by atoms with van der Waals surface area (Å²) in [7, 11) is 0. The van der Waals surface area contributed by atoms with Gasteiger partial charge in [0, 0.05) is 30.0 Å². The normalized spacial score (nSPS) is 13.8. The van der Waals surface area contributed by atoms with Gasteiger partial charge in [-0.2, -0.15) is 13.2 Å². The molecule has 0 spiro atoms. The summed E-state index contributed by atoms with van der Waals surface area (Å²) in [6.45, 7) is 0.546. The summed E-state index contributed by atoms with van der Waals surface area (Å²) >= 11 is 6.36. The van der Waals surface area contributed by atoms with Gasteiger partial charge in [0.05, 0.1) is 11.1 Å². The summed E-state index contributed by atoms with van der Waals surface area (Å²) in [6, 6.07) is 12.9. The van der Waals surface area contributed by atoms with Gasteiger partial charge in [-0.1, -0.05) is 29.8 Å². The molecule has 0 aliphatic heterocycles. The first-order valence-electron chi connectivity index (χ1n) is 10.6. The Morgan fingerprint density at radius 2 is 1.79 bits per heavy atom. The maximum atomic E-state index is 12.9.